The van der Waals surface area contributed by atoms with E-state index in [1.165, 1.54) is 5.56 Å². The van der Waals surface area contributed by atoms with Crippen LogP contribution in [0.3, 0.4) is 0 Å². The number of hydrogen-bond acceptors (Lipinski definition) is 3. The first kappa shape index (κ1) is 17.5. The van der Waals surface area contributed by atoms with Crippen molar-refractivity contribution in [3.05, 3.63) is 64.1 Å². The van der Waals surface area contributed by atoms with Gasteiger partial charge in [0.25, 0.3) is 0 Å². The van der Waals surface area contributed by atoms with Crippen molar-refractivity contribution in [1.82, 2.24) is 5.32 Å². The van der Waals surface area contributed by atoms with Gasteiger partial charge in [-0.15, -0.1) is 0 Å². The fourth-order valence-corrected chi connectivity index (χ4v) is 2.81. The van der Waals surface area contributed by atoms with Gasteiger partial charge in [-0.1, -0.05) is 46.3 Å². The Hall–Kier alpha value is -1.85. The van der Waals surface area contributed by atoms with E-state index in [4.69, 9.17) is 5.11 Å². The molecule has 5 heteroatoms. The first-order valence-corrected chi connectivity index (χ1v) is 8.30. The van der Waals surface area contributed by atoms with E-state index in [9.17, 15) is 9.90 Å². The monoisotopic (exact) mass is 377 g/mol. The maximum Gasteiger partial charge on any atom is 0.303 e. The molecule has 2 rings (SSSR count). The van der Waals surface area contributed by atoms with E-state index >= 15 is 0 Å². The first-order valence-electron chi connectivity index (χ1n) is 7.51. The van der Waals surface area contributed by atoms with Gasteiger partial charge in [0, 0.05) is 23.5 Å². The molecule has 0 spiro atoms. The van der Waals surface area contributed by atoms with Crippen molar-refractivity contribution >= 4 is 21.9 Å². The van der Waals surface area contributed by atoms with Gasteiger partial charge in [0.05, 0.1) is 0 Å². The highest BCUT2D eigenvalue weighted by molar-refractivity contribution is 9.10. The van der Waals surface area contributed by atoms with Gasteiger partial charge in [0.2, 0.25) is 0 Å². The lowest BCUT2D eigenvalue weighted by molar-refractivity contribution is -0.137. The highest BCUT2D eigenvalue weighted by Crippen LogP contribution is 2.22. The SMILES string of the molecule is O=C(O)CCC(Cc1ccccc1)NCc1cc(O)ccc1Br. The molecule has 0 amide bonds. The quantitative estimate of drug-likeness (QED) is 0.655. The van der Waals surface area contributed by atoms with Gasteiger partial charge in [-0.2, -0.15) is 0 Å². The molecule has 122 valence electrons. The Labute approximate surface area is 144 Å². The summed E-state index contributed by atoms with van der Waals surface area (Å²) >= 11 is 3.46. The van der Waals surface area contributed by atoms with E-state index in [-0.39, 0.29) is 18.2 Å². The van der Waals surface area contributed by atoms with E-state index in [0.29, 0.717) is 13.0 Å². The Bertz CT molecular complexity index is 646. The third kappa shape index (κ3) is 6.04. The van der Waals surface area contributed by atoms with Gasteiger partial charge in [-0.25, -0.2) is 0 Å². The van der Waals surface area contributed by atoms with Gasteiger partial charge < -0.3 is 15.5 Å². The number of hydrogen-bond donors (Lipinski definition) is 3. The zero-order valence-corrected chi connectivity index (χ0v) is 14.3. The molecule has 0 aliphatic rings. The average Bonchev–Trinajstić information content (AvgIpc) is 2.54. The van der Waals surface area contributed by atoms with Crippen molar-refractivity contribution in [3.63, 3.8) is 0 Å². The van der Waals surface area contributed by atoms with Crippen LogP contribution in [0.15, 0.2) is 53.0 Å². The summed E-state index contributed by atoms with van der Waals surface area (Å²) in [6.45, 7) is 0.562. The maximum absolute atomic E-state index is 10.9. The van der Waals surface area contributed by atoms with Gasteiger partial charge in [0.15, 0.2) is 0 Å². The van der Waals surface area contributed by atoms with Crippen molar-refractivity contribution in [3.8, 4) is 5.75 Å². The number of carboxylic acids is 1. The van der Waals surface area contributed by atoms with Gasteiger partial charge >= 0.3 is 5.97 Å². The number of aliphatic carboxylic acids is 1. The molecule has 2 aromatic carbocycles. The normalized spacial score (nSPS) is 12.0. The summed E-state index contributed by atoms with van der Waals surface area (Å²) in [6, 6.07) is 15.2. The highest BCUT2D eigenvalue weighted by Gasteiger charge is 2.12. The van der Waals surface area contributed by atoms with Crippen molar-refractivity contribution in [2.75, 3.05) is 0 Å². The molecular weight excluding hydrogens is 358 g/mol. The van der Waals surface area contributed by atoms with Gasteiger partial charge in [-0.3, -0.25) is 4.79 Å². The molecule has 0 heterocycles. The van der Waals surface area contributed by atoms with Crippen LogP contribution in [-0.4, -0.2) is 22.2 Å². The summed E-state index contributed by atoms with van der Waals surface area (Å²) in [5, 5.41) is 21.9. The van der Waals surface area contributed by atoms with E-state index in [1.54, 1.807) is 18.2 Å². The Morgan fingerprint density at radius 2 is 1.91 bits per heavy atom. The highest BCUT2D eigenvalue weighted by atomic mass is 79.9. The molecule has 3 N–H and O–H groups in total. The summed E-state index contributed by atoms with van der Waals surface area (Å²) in [6.07, 6.45) is 1.46. The van der Waals surface area contributed by atoms with Crippen LogP contribution in [0.4, 0.5) is 0 Å². The zero-order valence-electron chi connectivity index (χ0n) is 12.7. The molecule has 0 aromatic heterocycles. The van der Waals surface area contributed by atoms with Crippen molar-refractivity contribution in [2.45, 2.75) is 31.8 Å². The molecule has 23 heavy (non-hydrogen) atoms. The van der Waals surface area contributed by atoms with Gasteiger partial charge in [-0.05, 0) is 42.2 Å². The lowest BCUT2D eigenvalue weighted by atomic mass is 10.0. The minimum Gasteiger partial charge on any atom is -0.508 e. The van der Waals surface area contributed by atoms with Crippen LogP contribution >= 0.6 is 15.9 Å². The van der Waals surface area contributed by atoms with Crippen molar-refractivity contribution in [2.24, 2.45) is 0 Å². The molecule has 1 unspecified atom stereocenters. The minimum absolute atomic E-state index is 0.0581. The standard InChI is InChI=1S/C18H20BrNO3/c19-17-8-7-16(21)11-14(17)12-20-15(6-9-18(22)23)10-13-4-2-1-3-5-13/h1-5,7-8,11,15,20-21H,6,9-10,12H2,(H,22,23). The van der Waals surface area contributed by atoms with Crippen LogP contribution < -0.4 is 5.32 Å². The molecule has 0 saturated carbocycles. The Morgan fingerprint density at radius 3 is 2.61 bits per heavy atom. The molecule has 1 atom stereocenters. The zero-order chi connectivity index (χ0) is 16.7. The van der Waals surface area contributed by atoms with Gasteiger partial charge in [0.1, 0.15) is 5.75 Å². The second-order valence-corrected chi connectivity index (χ2v) is 6.33. The lowest BCUT2D eigenvalue weighted by Gasteiger charge is -2.19. The number of phenols is 1. The number of nitrogens with one attached hydrogen (secondary N) is 1. The van der Waals surface area contributed by atoms with Crippen molar-refractivity contribution in [1.29, 1.82) is 0 Å². The second kappa shape index (κ2) is 8.70. The fraction of sp³-hybridized carbons (Fsp3) is 0.278. The minimum atomic E-state index is -0.789. The van der Waals surface area contributed by atoms with E-state index < -0.39 is 5.97 Å². The van der Waals surface area contributed by atoms with Crippen LogP contribution in [-0.2, 0) is 17.8 Å². The Morgan fingerprint density at radius 1 is 1.17 bits per heavy atom. The number of halogens is 1. The summed E-state index contributed by atoms with van der Waals surface area (Å²) in [4.78, 5) is 10.9. The molecule has 0 fully saturated rings. The van der Waals surface area contributed by atoms with Crippen molar-refractivity contribution < 1.29 is 15.0 Å². The third-order valence-electron chi connectivity index (χ3n) is 3.64. The van der Waals surface area contributed by atoms with E-state index in [0.717, 1.165) is 16.5 Å². The number of phenolic OH excluding ortho intramolecular Hbond substituents is 1. The molecule has 0 aliphatic carbocycles. The summed E-state index contributed by atoms with van der Waals surface area (Å²) in [7, 11) is 0. The largest absolute Gasteiger partial charge is 0.508 e. The predicted octanol–water partition coefficient (Wildman–Crippen LogP) is 3.72. The fourth-order valence-electron chi connectivity index (χ4n) is 2.42. The molecule has 4 nitrogen and oxygen atoms in total. The first-order chi connectivity index (χ1) is 11.0. The van der Waals surface area contributed by atoms with Crippen LogP contribution in [0, 0.1) is 0 Å². The number of carbonyl (C=O) groups is 1. The van der Waals surface area contributed by atoms with Crippen LogP contribution in [0.5, 0.6) is 5.75 Å². The summed E-state index contributed by atoms with van der Waals surface area (Å²) in [5.74, 6) is -0.571. The Balaban J connectivity index is 2.01. The predicted molar refractivity (Wildman–Crippen MR) is 93.5 cm³/mol. The third-order valence-corrected chi connectivity index (χ3v) is 4.42. The number of rotatable bonds is 8. The smallest absolute Gasteiger partial charge is 0.303 e. The number of aromatic hydroxyl groups is 1. The summed E-state index contributed by atoms with van der Waals surface area (Å²) in [5.41, 5.74) is 2.11. The number of benzene rings is 2. The molecule has 0 aliphatic heterocycles. The van der Waals surface area contributed by atoms with E-state index in [1.807, 2.05) is 30.3 Å². The second-order valence-electron chi connectivity index (χ2n) is 5.48. The number of carboxylic acid groups (broad SMARTS) is 1. The van der Waals surface area contributed by atoms with E-state index in [2.05, 4.69) is 21.2 Å². The molecule has 0 saturated heterocycles. The summed E-state index contributed by atoms with van der Waals surface area (Å²) < 4.78 is 0.916. The molecule has 2 aromatic rings. The molecular formula is C18H20BrNO3. The van der Waals surface area contributed by atoms with Crippen LogP contribution in [0.25, 0.3) is 0 Å². The maximum atomic E-state index is 10.9. The molecule has 0 bridgehead atoms. The lowest BCUT2D eigenvalue weighted by Crippen LogP contribution is -2.31. The Kier molecular flexibility index (Phi) is 6.62. The topological polar surface area (TPSA) is 69.6 Å². The average molecular weight is 378 g/mol. The molecule has 0 radical (unpaired) electrons. The van der Waals surface area contributed by atoms with Crippen LogP contribution in [0.1, 0.15) is 24.0 Å². The van der Waals surface area contributed by atoms with Crippen LogP contribution in [0.2, 0.25) is 0 Å².